The van der Waals surface area contributed by atoms with Gasteiger partial charge in [0, 0.05) is 18.8 Å². The number of hydrogen-bond acceptors (Lipinski definition) is 3. The second kappa shape index (κ2) is 5.98. The Balaban J connectivity index is 2.28. The Kier molecular flexibility index (Phi) is 4.60. The van der Waals surface area contributed by atoms with Crippen LogP contribution in [0, 0.1) is 0 Å². The number of anilines is 1. The molecule has 0 amide bonds. The number of nitrogens with zero attached hydrogens (tertiary/aromatic N) is 1. The van der Waals surface area contributed by atoms with Gasteiger partial charge in [0.2, 0.25) is 0 Å². The third-order valence-corrected chi connectivity index (χ3v) is 4.74. The third kappa shape index (κ3) is 2.90. The number of nitrogens with two attached hydrogens (primary N) is 1. The number of rotatable bonds is 4. The van der Waals surface area contributed by atoms with E-state index < -0.39 is 0 Å². The van der Waals surface area contributed by atoms with E-state index >= 15 is 0 Å². The van der Waals surface area contributed by atoms with Gasteiger partial charge in [0.25, 0.3) is 0 Å². The molecule has 0 spiro atoms. The maximum absolute atomic E-state index is 6.35. The molecule has 0 saturated carbocycles. The second-order valence-corrected chi connectivity index (χ2v) is 5.97. The van der Waals surface area contributed by atoms with Gasteiger partial charge in [0.05, 0.1) is 10.7 Å². The SMILES string of the molecule is CN(c1c(Cl)cccc1CCN)C1CCSC1. The average molecular weight is 271 g/mol. The smallest absolute Gasteiger partial charge is 0.0642 e. The average Bonchev–Trinajstić information content (AvgIpc) is 2.82. The summed E-state index contributed by atoms with van der Waals surface area (Å²) in [4.78, 5) is 2.34. The number of para-hydroxylation sites is 1. The molecule has 0 aromatic heterocycles. The van der Waals surface area contributed by atoms with Crippen LogP contribution in [0.25, 0.3) is 0 Å². The Morgan fingerprint density at radius 1 is 1.53 bits per heavy atom. The summed E-state index contributed by atoms with van der Waals surface area (Å²) in [7, 11) is 2.15. The summed E-state index contributed by atoms with van der Waals surface area (Å²) in [5.41, 5.74) is 8.10. The van der Waals surface area contributed by atoms with Gasteiger partial charge in [-0.2, -0.15) is 11.8 Å². The van der Waals surface area contributed by atoms with Crippen molar-refractivity contribution < 1.29 is 0 Å². The summed E-state index contributed by atoms with van der Waals surface area (Å²) in [6.07, 6.45) is 2.13. The van der Waals surface area contributed by atoms with Gasteiger partial charge in [-0.1, -0.05) is 23.7 Å². The molecule has 0 radical (unpaired) electrons. The normalized spacial score (nSPS) is 19.6. The fourth-order valence-electron chi connectivity index (χ4n) is 2.32. The number of thioether (sulfide) groups is 1. The van der Waals surface area contributed by atoms with Crippen LogP contribution in [-0.2, 0) is 6.42 Å². The molecule has 1 atom stereocenters. The maximum Gasteiger partial charge on any atom is 0.0642 e. The molecule has 0 bridgehead atoms. The molecule has 0 aliphatic carbocycles. The quantitative estimate of drug-likeness (QED) is 0.912. The Hall–Kier alpha value is -0.380. The molecule has 1 saturated heterocycles. The summed E-state index contributed by atoms with van der Waals surface area (Å²) in [6.45, 7) is 0.667. The van der Waals surface area contributed by atoms with E-state index in [4.69, 9.17) is 17.3 Å². The Bertz CT molecular complexity index is 378. The van der Waals surface area contributed by atoms with Gasteiger partial charge in [0.15, 0.2) is 0 Å². The zero-order valence-corrected chi connectivity index (χ0v) is 11.7. The standard InChI is InChI=1S/C13H19ClN2S/c1-16(11-6-8-17-9-11)13-10(5-7-15)3-2-4-12(13)14/h2-4,11H,5-9,15H2,1H3. The van der Waals surface area contributed by atoms with E-state index in [1.165, 1.54) is 29.2 Å². The molecule has 2 rings (SSSR count). The van der Waals surface area contributed by atoms with Crippen molar-refractivity contribution in [2.45, 2.75) is 18.9 Å². The summed E-state index contributed by atoms with van der Waals surface area (Å²) in [6, 6.07) is 6.72. The molecule has 17 heavy (non-hydrogen) atoms. The number of benzene rings is 1. The van der Waals surface area contributed by atoms with Gasteiger partial charge in [-0.05, 0) is 36.8 Å². The van der Waals surface area contributed by atoms with E-state index in [1.54, 1.807) is 0 Å². The third-order valence-electron chi connectivity index (χ3n) is 3.29. The Labute approximate surface area is 113 Å². The Morgan fingerprint density at radius 3 is 3.00 bits per heavy atom. The minimum Gasteiger partial charge on any atom is -0.369 e. The lowest BCUT2D eigenvalue weighted by atomic mass is 10.1. The van der Waals surface area contributed by atoms with E-state index in [9.17, 15) is 0 Å². The molecular weight excluding hydrogens is 252 g/mol. The molecule has 1 aliphatic rings. The van der Waals surface area contributed by atoms with Crippen LogP contribution < -0.4 is 10.6 Å². The van der Waals surface area contributed by atoms with Crippen LogP contribution in [0.1, 0.15) is 12.0 Å². The van der Waals surface area contributed by atoms with Crippen molar-refractivity contribution in [1.29, 1.82) is 0 Å². The zero-order chi connectivity index (χ0) is 12.3. The molecule has 2 nitrogen and oxygen atoms in total. The number of halogens is 1. The van der Waals surface area contributed by atoms with Gasteiger partial charge >= 0.3 is 0 Å². The van der Waals surface area contributed by atoms with Crippen LogP contribution in [0.3, 0.4) is 0 Å². The Morgan fingerprint density at radius 2 is 2.35 bits per heavy atom. The largest absolute Gasteiger partial charge is 0.369 e. The van der Waals surface area contributed by atoms with Crippen LogP contribution >= 0.6 is 23.4 Å². The molecule has 1 fully saturated rings. The van der Waals surface area contributed by atoms with Crippen molar-refractivity contribution in [2.75, 3.05) is 30.0 Å². The first kappa shape index (κ1) is 13.1. The van der Waals surface area contributed by atoms with Gasteiger partial charge in [-0.15, -0.1) is 0 Å². The van der Waals surface area contributed by atoms with Crippen molar-refractivity contribution in [3.05, 3.63) is 28.8 Å². The van der Waals surface area contributed by atoms with Crippen molar-refractivity contribution in [2.24, 2.45) is 5.73 Å². The van der Waals surface area contributed by atoms with E-state index in [1.807, 2.05) is 23.9 Å². The summed E-state index contributed by atoms with van der Waals surface area (Å²) < 4.78 is 0. The minimum atomic E-state index is 0.608. The fraction of sp³-hybridized carbons (Fsp3) is 0.538. The monoisotopic (exact) mass is 270 g/mol. The molecule has 4 heteroatoms. The summed E-state index contributed by atoms with van der Waals surface area (Å²) >= 11 is 8.37. The molecule has 1 aromatic rings. The van der Waals surface area contributed by atoms with Crippen LogP contribution in [0.2, 0.25) is 5.02 Å². The predicted molar refractivity (Wildman–Crippen MR) is 78.3 cm³/mol. The topological polar surface area (TPSA) is 29.3 Å². The van der Waals surface area contributed by atoms with E-state index in [0.717, 1.165) is 11.4 Å². The van der Waals surface area contributed by atoms with Crippen LogP contribution in [0.15, 0.2) is 18.2 Å². The molecule has 2 N–H and O–H groups in total. The molecule has 1 aromatic carbocycles. The second-order valence-electron chi connectivity index (χ2n) is 4.41. The highest BCUT2D eigenvalue weighted by atomic mass is 35.5. The van der Waals surface area contributed by atoms with Crippen LogP contribution in [0.5, 0.6) is 0 Å². The lowest BCUT2D eigenvalue weighted by Gasteiger charge is -2.29. The van der Waals surface area contributed by atoms with Gasteiger partial charge in [-0.3, -0.25) is 0 Å². The lowest BCUT2D eigenvalue weighted by molar-refractivity contribution is 0.696. The first-order chi connectivity index (χ1) is 8.24. The molecule has 94 valence electrons. The van der Waals surface area contributed by atoms with Crippen molar-refractivity contribution in [1.82, 2.24) is 0 Å². The van der Waals surface area contributed by atoms with E-state index in [0.29, 0.717) is 12.6 Å². The van der Waals surface area contributed by atoms with Crippen LogP contribution in [0.4, 0.5) is 5.69 Å². The molecule has 1 heterocycles. The van der Waals surface area contributed by atoms with E-state index in [-0.39, 0.29) is 0 Å². The highest BCUT2D eigenvalue weighted by molar-refractivity contribution is 7.99. The highest BCUT2D eigenvalue weighted by Gasteiger charge is 2.23. The first-order valence-electron chi connectivity index (χ1n) is 6.02. The van der Waals surface area contributed by atoms with E-state index in [2.05, 4.69) is 18.0 Å². The number of hydrogen-bond donors (Lipinski definition) is 1. The molecule has 1 unspecified atom stereocenters. The zero-order valence-electron chi connectivity index (χ0n) is 10.2. The minimum absolute atomic E-state index is 0.608. The van der Waals surface area contributed by atoms with Crippen molar-refractivity contribution in [3.8, 4) is 0 Å². The molecular formula is C13H19ClN2S. The van der Waals surface area contributed by atoms with Gasteiger partial charge in [-0.25, -0.2) is 0 Å². The highest BCUT2D eigenvalue weighted by Crippen LogP contribution is 2.33. The van der Waals surface area contributed by atoms with Gasteiger partial charge in [0.1, 0.15) is 0 Å². The van der Waals surface area contributed by atoms with Crippen molar-refractivity contribution in [3.63, 3.8) is 0 Å². The lowest BCUT2D eigenvalue weighted by Crippen LogP contribution is -2.32. The van der Waals surface area contributed by atoms with Crippen LogP contribution in [-0.4, -0.2) is 31.1 Å². The summed E-state index contributed by atoms with van der Waals surface area (Å²) in [5, 5.41) is 0.843. The molecule has 1 aliphatic heterocycles. The van der Waals surface area contributed by atoms with Gasteiger partial charge < -0.3 is 10.6 Å². The summed E-state index contributed by atoms with van der Waals surface area (Å²) in [5.74, 6) is 2.45. The maximum atomic E-state index is 6.35. The first-order valence-corrected chi connectivity index (χ1v) is 7.55. The fourth-order valence-corrected chi connectivity index (χ4v) is 3.92. The van der Waals surface area contributed by atoms with Crippen molar-refractivity contribution >= 4 is 29.1 Å². The predicted octanol–water partition coefficient (Wildman–Crippen LogP) is 2.78.